The van der Waals surface area contributed by atoms with Crippen molar-refractivity contribution in [1.82, 2.24) is 0 Å². The van der Waals surface area contributed by atoms with Crippen LogP contribution in [0.5, 0.6) is 0 Å². The van der Waals surface area contributed by atoms with E-state index in [2.05, 4.69) is 20.8 Å². The summed E-state index contributed by atoms with van der Waals surface area (Å²) in [5.74, 6) is -3.38. The average molecular weight is 382 g/mol. The van der Waals surface area contributed by atoms with Crippen molar-refractivity contribution in [1.29, 1.82) is 0 Å². The predicted molar refractivity (Wildman–Crippen MR) is 83.0 cm³/mol. The number of alkyl halides is 3. The van der Waals surface area contributed by atoms with Gasteiger partial charge in [0.05, 0.1) is 4.90 Å². The average Bonchev–Trinajstić information content (AvgIpc) is 2.72. The summed E-state index contributed by atoms with van der Waals surface area (Å²) in [4.78, 5) is 1.90. The Kier molecular flexibility index (Phi) is 5.60. The summed E-state index contributed by atoms with van der Waals surface area (Å²) in [5, 5.41) is 0.837. The van der Waals surface area contributed by atoms with Gasteiger partial charge in [-0.15, -0.1) is 0 Å². The van der Waals surface area contributed by atoms with E-state index in [4.69, 9.17) is 0 Å². The SMILES string of the molecule is O=S(=O)(c1ccc(N2CCCCCC2CBr)cc1)C(F)F. The molecule has 1 aromatic carbocycles. The maximum Gasteiger partial charge on any atom is 0.341 e. The first-order chi connectivity index (χ1) is 9.96. The monoisotopic (exact) mass is 381 g/mol. The molecule has 0 amide bonds. The third-order valence-corrected chi connectivity index (χ3v) is 5.93. The van der Waals surface area contributed by atoms with Gasteiger partial charge in [-0.3, -0.25) is 0 Å². The molecule has 2 rings (SSSR count). The third kappa shape index (κ3) is 3.74. The van der Waals surface area contributed by atoms with Gasteiger partial charge in [0.15, 0.2) is 0 Å². The van der Waals surface area contributed by atoms with Gasteiger partial charge < -0.3 is 4.90 Å². The second kappa shape index (κ2) is 7.05. The van der Waals surface area contributed by atoms with Crippen LogP contribution in [0, 0.1) is 0 Å². The van der Waals surface area contributed by atoms with Gasteiger partial charge in [-0.2, -0.15) is 8.78 Å². The lowest BCUT2D eigenvalue weighted by Crippen LogP contribution is -2.36. The highest BCUT2D eigenvalue weighted by Crippen LogP contribution is 2.27. The fourth-order valence-corrected chi connectivity index (χ4v) is 4.00. The molecule has 1 fully saturated rings. The molecule has 0 N–H and O–H groups in total. The van der Waals surface area contributed by atoms with E-state index in [1.165, 1.54) is 25.0 Å². The molecule has 118 valence electrons. The lowest BCUT2D eigenvalue weighted by molar-refractivity contribution is 0.234. The van der Waals surface area contributed by atoms with Gasteiger partial charge in [0.1, 0.15) is 0 Å². The number of halogens is 3. The van der Waals surface area contributed by atoms with Crippen LogP contribution < -0.4 is 4.90 Å². The fraction of sp³-hybridized carbons (Fsp3) is 0.571. The minimum absolute atomic E-state index is 0.327. The van der Waals surface area contributed by atoms with Crippen molar-refractivity contribution in [2.24, 2.45) is 0 Å². The van der Waals surface area contributed by atoms with Crippen molar-refractivity contribution in [3.8, 4) is 0 Å². The number of hydrogen-bond donors (Lipinski definition) is 0. The highest BCUT2D eigenvalue weighted by atomic mass is 79.9. The smallest absolute Gasteiger partial charge is 0.341 e. The second-order valence-corrected chi connectivity index (χ2v) is 7.72. The Morgan fingerprint density at radius 3 is 2.43 bits per heavy atom. The van der Waals surface area contributed by atoms with Crippen molar-refractivity contribution in [2.45, 2.75) is 42.4 Å². The van der Waals surface area contributed by atoms with E-state index in [1.807, 2.05) is 0 Å². The molecular formula is C14H18BrF2NO2S. The first kappa shape index (κ1) is 16.7. The van der Waals surface area contributed by atoms with Crippen molar-refractivity contribution in [3.05, 3.63) is 24.3 Å². The van der Waals surface area contributed by atoms with Crippen LogP contribution in [0.15, 0.2) is 29.2 Å². The Morgan fingerprint density at radius 1 is 1.19 bits per heavy atom. The topological polar surface area (TPSA) is 37.4 Å². The van der Waals surface area contributed by atoms with E-state index in [0.717, 1.165) is 30.4 Å². The minimum Gasteiger partial charge on any atom is -0.368 e. The molecule has 1 aliphatic rings. The van der Waals surface area contributed by atoms with Crippen molar-refractivity contribution in [2.75, 3.05) is 16.8 Å². The summed E-state index contributed by atoms with van der Waals surface area (Å²) in [7, 11) is -4.51. The Bertz CT molecular complexity index is 563. The number of nitrogens with zero attached hydrogens (tertiary/aromatic N) is 1. The van der Waals surface area contributed by atoms with Crippen LogP contribution in [0.4, 0.5) is 14.5 Å². The molecule has 3 nitrogen and oxygen atoms in total. The van der Waals surface area contributed by atoms with Crippen LogP contribution in [-0.4, -0.2) is 32.1 Å². The lowest BCUT2D eigenvalue weighted by atomic mass is 10.1. The summed E-state index contributed by atoms with van der Waals surface area (Å²) in [6.45, 7) is 0.900. The van der Waals surface area contributed by atoms with Gasteiger partial charge in [0, 0.05) is 23.6 Å². The van der Waals surface area contributed by atoms with Crippen LogP contribution in [0.25, 0.3) is 0 Å². The van der Waals surface area contributed by atoms with E-state index in [1.54, 1.807) is 12.1 Å². The van der Waals surface area contributed by atoms with Crippen LogP contribution >= 0.6 is 15.9 Å². The molecule has 7 heteroatoms. The Hall–Kier alpha value is -0.690. The fourth-order valence-electron chi connectivity index (χ4n) is 2.61. The molecule has 1 saturated heterocycles. The largest absolute Gasteiger partial charge is 0.368 e. The molecule has 1 aliphatic heterocycles. The molecule has 0 saturated carbocycles. The molecule has 0 aromatic heterocycles. The zero-order valence-electron chi connectivity index (χ0n) is 11.5. The summed E-state index contributed by atoms with van der Waals surface area (Å²) in [6.07, 6.45) is 4.51. The van der Waals surface area contributed by atoms with E-state index in [9.17, 15) is 17.2 Å². The van der Waals surface area contributed by atoms with E-state index in [-0.39, 0.29) is 4.90 Å². The molecule has 1 heterocycles. The van der Waals surface area contributed by atoms with Crippen LogP contribution in [0.2, 0.25) is 0 Å². The maximum atomic E-state index is 12.5. The van der Waals surface area contributed by atoms with Gasteiger partial charge in [-0.25, -0.2) is 8.42 Å². The molecule has 1 unspecified atom stereocenters. The molecule has 21 heavy (non-hydrogen) atoms. The van der Waals surface area contributed by atoms with Crippen LogP contribution in [0.3, 0.4) is 0 Å². The quantitative estimate of drug-likeness (QED) is 0.743. The van der Waals surface area contributed by atoms with Gasteiger partial charge in [0.2, 0.25) is 9.84 Å². The van der Waals surface area contributed by atoms with E-state index >= 15 is 0 Å². The third-order valence-electron chi connectivity index (χ3n) is 3.79. The molecule has 1 aromatic rings. The van der Waals surface area contributed by atoms with Crippen molar-refractivity contribution < 1.29 is 17.2 Å². The van der Waals surface area contributed by atoms with Gasteiger partial charge in [-0.1, -0.05) is 28.8 Å². The molecule has 0 spiro atoms. The highest BCUT2D eigenvalue weighted by Gasteiger charge is 2.27. The maximum absolute atomic E-state index is 12.5. The molecule has 1 atom stereocenters. The summed E-state index contributed by atoms with van der Waals surface area (Å²) >= 11 is 3.51. The standard InChI is InChI=1S/C14H18BrF2NO2S/c15-10-12-4-2-1-3-9-18(12)11-5-7-13(8-6-11)21(19,20)14(16)17/h5-8,12,14H,1-4,9-10H2. The zero-order valence-corrected chi connectivity index (χ0v) is 13.9. The normalized spacial score (nSPS) is 20.6. The van der Waals surface area contributed by atoms with Crippen molar-refractivity contribution >= 4 is 31.5 Å². The second-order valence-electron chi connectivity index (χ2n) is 5.15. The number of sulfone groups is 1. The number of benzene rings is 1. The van der Waals surface area contributed by atoms with E-state index in [0.29, 0.717) is 6.04 Å². The number of rotatable bonds is 4. The highest BCUT2D eigenvalue weighted by molar-refractivity contribution is 9.09. The summed E-state index contributed by atoms with van der Waals surface area (Å²) in [6, 6.07) is 6.14. The van der Waals surface area contributed by atoms with Crippen LogP contribution in [-0.2, 0) is 9.84 Å². The van der Waals surface area contributed by atoms with Gasteiger partial charge >= 0.3 is 5.76 Å². The first-order valence-corrected chi connectivity index (χ1v) is 9.58. The Morgan fingerprint density at radius 2 is 1.86 bits per heavy atom. The first-order valence-electron chi connectivity index (χ1n) is 6.91. The molecule has 0 aliphatic carbocycles. The molecule has 0 bridgehead atoms. The van der Waals surface area contributed by atoms with Gasteiger partial charge in [0.25, 0.3) is 0 Å². The Balaban J connectivity index is 2.25. The summed E-state index contributed by atoms with van der Waals surface area (Å²) < 4.78 is 47.9. The van der Waals surface area contributed by atoms with Crippen molar-refractivity contribution in [3.63, 3.8) is 0 Å². The lowest BCUT2D eigenvalue weighted by Gasteiger charge is -2.31. The van der Waals surface area contributed by atoms with Gasteiger partial charge in [-0.05, 0) is 37.1 Å². The Labute approximate surface area is 132 Å². The minimum atomic E-state index is -4.51. The predicted octanol–water partition coefficient (Wildman–Crippen LogP) is 3.83. The number of hydrogen-bond acceptors (Lipinski definition) is 3. The van der Waals surface area contributed by atoms with E-state index < -0.39 is 15.6 Å². The number of anilines is 1. The molecular weight excluding hydrogens is 364 g/mol. The summed E-state index contributed by atoms with van der Waals surface area (Å²) in [5.41, 5.74) is 0.884. The zero-order chi connectivity index (χ0) is 15.5. The molecule has 0 radical (unpaired) electrons. The van der Waals surface area contributed by atoms with Crippen LogP contribution in [0.1, 0.15) is 25.7 Å².